The molecule has 0 bridgehead atoms. The molecule has 2 aromatic heterocycles. The molecule has 0 unspecified atom stereocenters. The van der Waals surface area contributed by atoms with Gasteiger partial charge in [-0.25, -0.2) is 9.59 Å². The number of aromatic amines is 4. The van der Waals surface area contributed by atoms with Crippen LogP contribution in [0.2, 0.25) is 0 Å². The van der Waals surface area contributed by atoms with Crippen LogP contribution in [0, 0.1) is 0 Å². The minimum absolute atomic E-state index is 0. The Kier molecular flexibility index (Phi) is 2.79. The number of imidazole rings is 1. The van der Waals surface area contributed by atoms with Crippen LogP contribution in [0.1, 0.15) is 0 Å². The van der Waals surface area contributed by atoms with Gasteiger partial charge in [-0.3, -0.25) is 24.7 Å². The van der Waals surface area contributed by atoms with Gasteiger partial charge in [-0.1, -0.05) is 0 Å². The number of rotatable bonds is 0. The van der Waals surface area contributed by atoms with Crippen molar-refractivity contribution in [2.24, 2.45) is 0 Å². The van der Waals surface area contributed by atoms with Crippen LogP contribution in [0.15, 0.2) is 14.4 Å². The van der Waals surface area contributed by atoms with Crippen LogP contribution < -0.4 is 16.9 Å². The fourth-order valence-electron chi connectivity index (χ4n) is 0.958. The van der Waals surface area contributed by atoms with E-state index in [0.29, 0.717) is 0 Å². The van der Waals surface area contributed by atoms with Crippen LogP contribution in [-0.4, -0.2) is 57.7 Å². The summed E-state index contributed by atoms with van der Waals surface area (Å²) in [7, 11) is 0. The van der Waals surface area contributed by atoms with Crippen LogP contribution in [0.4, 0.5) is 0 Å². The first-order valence-corrected chi connectivity index (χ1v) is 3.11. The van der Waals surface area contributed by atoms with E-state index in [0.717, 1.165) is 0 Å². The van der Waals surface area contributed by atoms with Gasteiger partial charge in [0.1, 0.15) is 11.2 Å². The molecule has 0 atom stereocenters. The molecule has 13 heavy (non-hydrogen) atoms. The van der Waals surface area contributed by atoms with Crippen molar-refractivity contribution in [3.63, 3.8) is 0 Å². The van der Waals surface area contributed by atoms with Gasteiger partial charge < -0.3 is 0 Å². The molecular formula is C5H6CaN4O3. The number of hydrogen-bond acceptors (Lipinski definition) is 3. The molecule has 0 fully saturated rings. The summed E-state index contributed by atoms with van der Waals surface area (Å²) in [6.07, 6.45) is 0. The molecule has 0 aromatic carbocycles. The summed E-state index contributed by atoms with van der Waals surface area (Å²) in [6.45, 7) is 0. The van der Waals surface area contributed by atoms with E-state index >= 15 is 0 Å². The Labute approximate surface area is 99.6 Å². The van der Waals surface area contributed by atoms with E-state index in [1.165, 1.54) is 0 Å². The average molecular weight is 210 g/mol. The van der Waals surface area contributed by atoms with Gasteiger partial charge in [0.05, 0.1) is 0 Å². The Morgan fingerprint density at radius 1 is 0.769 bits per heavy atom. The van der Waals surface area contributed by atoms with E-state index in [4.69, 9.17) is 0 Å². The monoisotopic (exact) mass is 210 g/mol. The Balaban J connectivity index is 0.000000845. The normalized spacial score (nSPS) is 9.85. The fourth-order valence-corrected chi connectivity index (χ4v) is 0.958. The van der Waals surface area contributed by atoms with Crippen LogP contribution in [0.5, 0.6) is 0 Å². The van der Waals surface area contributed by atoms with Gasteiger partial charge in [-0.15, -0.1) is 0 Å². The molecule has 0 aliphatic carbocycles. The molecule has 2 heterocycles. The third-order valence-corrected chi connectivity index (χ3v) is 1.42. The minimum atomic E-state index is -0.650. The Hall–Kier alpha value is -0.790. The van der Waals surface area contributed by atoms with Crippen LogP contribution in [0.25, 0.3) is 11.2 Å². The summed E-state index contributed by atoms with van der Waals surface area (Å²) < 4.78 is 0. The summed E-state index contributed by atoms with van der Waals surface area (Å²) in [4.78, 5) is 41.0. The van der Waals surface area contributed by atoms with Crippen molar-refractivity contribution in [1.82, 2.24) is 19.9 Å². The summed E-state index contributed by atoms with van der Waals surface area (Å²) in [5.74, 6) is 0. The van der Waals surface area contributed by atoms with Gasteiger partial charge in [0.25, 0.3) is 5.56 Å². The maximum absolute atomic E-state index is 10.9. The zero-order valence-electron chi connectivity index (χ0n) is 5.72. The molecule has 0 saturated heterocycles. The predicted molar refractivity (Wildman–Crippen MR) is 48.7 cm³/mol. The molecule has 0 aliphatic rings. The predicted octanol–water partition coefficient (Wildman–Crippen LogP) is -2.68. The van der Waals surface area contributed by atoms with E-state index in [1.54, 1.807) is 0 Å². The standard InChI is InChI=1S/C5H4N4O3.Ca.2H/c10-3-1-2(7-4(11)6-1)8-5(12)9-3;;;/h(H4,6,7,8,9,10,11,12);;;. The Bertz CT molecular complexity index is 588. The number of hydrogen-bond donors (Lipinski definition) is 4. The number of fused-ring (bicyclic) bond motifs is 1. The van der Waals surface area contributed by atoms with Gasteiger partial charge >= 0.3 is 49.1 Å². The summed E-state index contributed by atoms with van der Waals surface area (Å²) in [6, 6.07) is 0. The Morgan fingerprint density at radius 3 is 1.92 bits per heavy atom. The average Bonchev–Trinajstić information content (AvgIpc) is 2.29. The van der Waals surface area contributed by atoms with Gasteiger partial charge in [-0.2, -0.15) is 0 Å². The van der Waals surface area contributed by atoms with Crippen molar-refractivity contribution in [2.45, 2.75) is 0 Å². The van der Waals surface area contributed by atoms with Crippen molar-refractivity contribution < 1.29 is 0 Å². The molecule has 8 heteroatoms. The SMILES string of the molecule is O=c1[nH]c(=O)c2[nH]c(=O)[nH]c2[nH]1.[CaH2]. The number of aromatic nitrogens is 4. The van der Waals surface area contributed by atoms with Crippen molar-refractivity contribution in [3.8, 4) is 0 Å². The Morgan fingerprint density at radius 2 is 1.31 bits per heavy atom. The summed E-state index contributed by atoms with van der Waals surface area (Å²) in [5.41, 5.74) is -1.65. The van der Waals surface area contributed by atoms with Crippen LogP contribution in [-0.2, 0) is 0 Å². The molecule has 7 nitrogen and oxygen atoms in total. The molecule has 0 aliphatic heterocycles. The van der Waals surface area contributed by atoms with Gasteiger partial charge in [0.2, 0.25) is 0 Å². The van der Waals surface area contributed by atoms with E-state index in [-0.39, 0.29) is 48.9 Å². The molecular weight excluding hydrogens is 204 g/mol. The maximum atomic E-state index is 10.9. The zero-order chi connectivity index (χ0) is 8.72. The van der Waals surface area contributed by atoms with Crippen molar-refractivity contribution in [2.75, 3.05) is 0 Å². The first-order chi connectivity index (χ1) is 5.66. The third kappa shape index (κ3) is 1.77. The summed E-state index contributed by atoms with van der Waals surface area (Å²) in [5, 5.41) is 0. The van der Waals surface area contributed by atoms with Crippen LogP contribution >= 0.6 is 0 Å². The molecule has 0 radical (unpaired) electrons. The van der Waals surface area contributed by atoms with E-state index in [1.807, 2.05) is 4.98 Å². The van der Waals surface area contributed by atoms with Gasteiger partial charge in [0.15, 0.2) is 0 Å². The second kappa shape index (κ2) is 3.52. The quantitative estimate of drug-likeness (QED) is 0.355. The van der Waals surface area contributed by atoms with Crippen molar-refractivity contribution in [1.29, 1.82) is 0 Å². The molecule has 0 spiro atoms. The molecule has 2 rings (SSSR count). The topological polar surface area (TPSA) is 114 Å². The first kappa shape index (κ1) is 10.3. The zero-order valence-corrected chi connectivity index (χ0v) is 5.72. The summed E-state index contributed by atoms with van der Waals surface area (Å²) >= 11 is 0. The second-order valence-corrected chi connectivity index (χ2v) is 2.24. The van der Waals surface area contributed by atoms with Crippen LogP contribution in [0.3, 0.4) is 0 Å². The molecule has 4 N–H and O–H groups in total. The first-order valence-electron chi connectivity index (χ1n) is 3.11. The second-order valence-electron chi connectivity index (χ2n) is 2.24. The molecule has 0 amide bonds. The molecule has 66 valence electrons. The van der Waals surface area contributed by atoms with Crippen molar-refractivity contribution >= 4 is 48.9 Å². The van der Waals surface area contributed by atoms with E-state index in [2.05, 4.69) is 15.0 Å². The van der Waals surface area contributed by atoms with Gasteiger partial charge in [-0.05, 0) is 0 Å². The number of nitrogens with one attached hydrogen (secondary N) is 4. The van der Waals surface area contributed by atoms with Gasteiger partial charge in [0, 0.05) is 0 Å². The van der Waals surface area contributed by atoms with E-state index in [9.17, 15) is 14.4 Å². The van der Waals surface area contributed by atoms with Crippen molar-refractivity contribution in [3.05, 3.63) is 31.3 Å². The molecule has 2 aromatic rings. The third-order valence-electron chi connectivity index (χ3n) is 1.42. The fraction of sp³-hybridized carbons (Fsp3) is 0. The molecule has 0 saturated carbocycles. The van der Waals surface area contributed by atoms with E-state index < -0.39 is 16.9 Å². The number of H-pyrrole nitrogens is 4.